The van der Waals surface area contributed by atoms with E-state index in [4.69, 9.17) is 15.1 Å². The summed E-state index contributed by atoms with van der Waals surface area (Å²) in [6.45, 7) is 0. The minimum Gasteiger partial charge on any atom is -0.449 e. The molecule has 0 atom stereocenters. The van der Waals surface area contributed by atoms with Gasteiger partial charge in [-0.2, -0.15) is 0 Å². The van der Waals surface area contributed by atoms with Crippen molar-refractivity contribution in [3.05, 3.63) is 28.4 Å². The molecule has 0 saturated carbocycles. The first-order valence-corrected chi connectivity index (χ1v) is 8.37. The van der Waals surface area contributed by atoms with Crippen molar-refractivity contribution in [1.82, 2.24) is 0 Å². The summed E-state index contributed by atoms with van der Waals surface area (Å²) >= 11 is 6.58. The van der Waals surface area contributed by atoms with Crippen LogP contribution in [0.5, 0.6) is 0 Å². The van der Waals surface area contributed by atoms with Crippen molar-refractivity contribution in [2.45, 2.75) is 10.2 Å². The number of hydrogen-bond donors (Lipinski definition) is 0. The van der Waals surface area contributed by atoms with Gasteiger partial charge in [0.1, 0.15) is 5.58 Å². The molecular formula is C9H5Br2ClO3S. The smallest absolute Gasteiger partial charge is 0.261 e. The Kier molecular flexibility index (Phi) is 3.36. The van der Waals surface area contributed by atoms with Crippen molar-refractivity contribution in [2.24, 2.45) is 0 Å². The Balaban J connectivity index is 2.79. The summed E-state index contributed by atoms with van der Waals surface area (Å²) in [4.78, 5) is 0.0668. The molecule has 7 heteroatoms. The summed E-state index contributed by atoms with van der Waals surface area (Å²) in [5, 5.41) is 1.29. The Morgan fingerprint density at radius 2 is 2.06 bits per heavy atom. The average molecular weight is 388 g/mol. The van der Waals surface area contributed by atoms with E-state index in [2.05, 4.69) is 31.9 Å². The lowest BCUT2D eigenvalue weighted by atomic mass is 10.2. The van der Waals surface area contributed by atoms with E-state index < -0.39 is 9.05 Å². The maximum Gasteiger partial charge on any atom is 0.261 e. The van der Waals surface area contributed by atoms with Gasteiger partial charge in [0, 0.05) is 27.0 Å². The van der Waals surface area contributed by atoms with E-state index >= 15 is 0 Å². The van der Waals surface area contributed by atoms with E-state index in [1.165, 1.54) is 12.1 Å². The normalized spacial score (nSPS) is 12.2. The van der Waals surface area contributed by atoms with Gasteiger partial charge in [-0.05, 0) is 34.1 Å². The molecule has 0 aliphatic rings. The molecule has 1 aromatic heterocycles. The largest absolute Gasteiger partial charge is 0.449 e. The minimum absolute atomic E-state index is 0.0668. The Labute approximate surface area is 113 Å². The highest BCUT2D eigenvalue weighted by Crippen LogP contribution is 2.33. The highest BCUT2D eigenvalue weighted by molar-refractivity contribution is 9.10. The van der Waals surface area contributed by atoms with Gasteiger partial charge in [0.2, 0.25) is 0 Å². The van der Waals surface area contributed by atoms with Crippen LogP contribution in [-0.4, -0.2) is 8.42 Å². The zero-order chi connectivity index (χ0) is 11.9. The van der Waals surface area contributed by atoms with Crippen LogP contribution < -0.4 is 0 Å². The maximum atomic E-state index is 11.2. The number of halogens is 3. The number of fused-ring (bicyclic) bond motifs is 1. The van der Waals surface area contributed by atoms with Gasteiger partial charge in [0.05, 0.1) is 4.90 Å². The van der Waals surface area contributed by atoms with Gasteiger partial charge in [0.15, 0.2) is 4.67 Å². The molecule has 0 bridgehead atoms. The molecular weight excluding hydrogens is 383 g/mol. The van der Waals surface area contributed by atoms with Crippen LogP contribution in [0, 0.1) is 0 Å². The summed E-state index contributed by atoms with van der Waals surface area (Å²) in [5.74, 6) is 0. The van der Waals surface area contributed by atoms with E-state index in [1.54, 1.807) is 6.07 Å². The fourth-order valence-electron chi connectivity index (χ4n) is 1.37. The lowest BCUT2D eigenvalue weighted by Gasteiger charge is -1.96. The van der Waals surface area contributed by atoms with Gasteiger partial charge in [-0.1, -0.05) is 15.9 Å². The Morgan fingerprint density at radius 3 is 2.62 bits per heavy atom. The van der Waals surface area contributed by atoms with E-state index in [1.807, 2.05) is 0 Å². The molecule has 0 amide bonds. The SMILES string of the molecule is O=S(=O)(Cl)c1ccc2oc(Br)c(CBr)c2c1. The van der Waals surface area contributed by atoms with E-state index in [0.29, 0.717) is 15.6 Å². The second kappa shape index (κ2) is 4.33. The quantitative estimate of drug-likeness (QED) is 0.577. The van der Waals surface area contributed by atoms with Crippen LogP contribution in [0.2, 0.25) is 0 Å². The van der Waals surface area contributed by atoms with Crippen molar-refractivity contribution in [3.8, 4) is 0 Å². The first-order chi connectivity index (χ1) is 7.43. The third kappa shape index (κ3) is 2.16. The highest BCUT2D eigenvalue weighted by Gasteiger charge is 2.16. The van der Waals surface area contributed by atoms with E-state index in [-0.39, 0.29) is 4.90 Å². The predicted molar refractivity (Wildman–Crippen MR) is 69.6 cm³/mol. The molecule has 2 rings (SSSR count). The Bertz CT molecular complexity index is 648. The standard InChI is InChI=1S/C9H5Br2ClO3S/c10-4-7-6-3-5(16(12,13)14)1-2-8(6)15-9(7)11/h1-3H,4H2. The minimum atomic E-state index is -3.71. The zero-order valence-electron chi connectivity index (χ0n) is 7.71. The summed E-state index contributed by atoms with van der Waals surface area (Å²) in [6, 6.07) is 4.50. The maximum absolute atomic E-state index is 11.2. The third-order valence-electron chi connectivity index (χ3n) is 2.13. The number of benzene rings is 1. The number of furan rings is 1. The molecule has 1 heterocycles. The number of alkyl halides is 1. The lowest BCUT2D eigenvalue weighted by Crippen LogP contribution is -1.89. The van der Waals surface area contributed by atoms with Crippen LogP contribution in [0.1, 0.15) is 5.56 Å². The van der Waals surface area contributed by atoms with Crippen LogP contribution in [0.15, 0.2) is 32.2 Å². The molecule has 86 valence electrons. The van der Waals surface area contributed by atoms with Gasteiger partial charge >= 0.3 is 0 Å². The molecule has 0 unspecified atom stereocenters. The molecule has 0 N–H and O–H groups in total. The molecule has 0 aliphatic heterocycles. The van der Waals surface area contributed by atoms with Gasteiger partial charge in [0.25, 0.3) is 9.05 Å². The molecule has 16 heavy (non-hydrogen) atoms. The molecule has 2 aromatic rings. The molecule has 0 aliphatic carbocycles. The van der Waals surface area contributed by atoms with Gasteiger partial charge < -0.3 is 4.42 Å². The molecule has 0 spiro atoms. The van der Waals surface area contributed by atoms with Gasteiger partial charge in [-0.25, -0.2) is 8.42 Å². The van der Waals surface area contributed by atoms with Crippen LogP contribution in [0.4, 0.5) is 0 Å². The molecule has 0 saturated heterocycles. The van der Waals surface area contributed by atoms with Crippen molar-refractivity contribution >= 4 is 62.6 Å². The Morgan fingerprint density at radius 1 is 1.38 bits per heavy atom. The first kappa shape index (κ1) is 12.4. The van der Waals surface area contributed by atoms with Crippen molar-refractivity contribution < 1.29 is 12.8 Å². The Hall–Kier alpha value is -0.0400. The summed E-state index contributed by atoms with van der Waals surface area (Å²) in [7, 11) is 1.57. The second-order valence-electron chi connectivity index (χ2n) is 3.08. The third-order valence-corrected chi connectivity index (χ3v) is 4.68. The summed E-state index contributed by atoms with van der Waals surface area (Å²) in [5.41, 5.74) is 1.47. The lowest BCUT2D eigenvalue weighted by molar-refractivity contribution is 0.583. The molecule has 3 nitrogen and oxygen atoms in total. The van der Waals surface area contributed by atoms with Crippen molar-refractivity contribution in [2.75, 3.05) is 0 Å². The van der Waals surface area contributed by atoms with Crippen LogP contribution >= 0.6 is 42.5 Å². The van der Waals surface area contributed by atoms with Gasteiger partial charge in [-0.15, -0.1) is 0 Å². The highest BCUT2D eigenvalue weighted by atomic mass is 79.9. The number of hydrogen-bond acceptors (Lipinski definition) is 3. The summed E-state index contributed by atoms with van der Waals surface area (Å²) in [6.07, 6.45) is 0. The monoisotopic (exact) mass is 386 g/mol. The topological polar surface area (TPSA) is 47.3 Å². The van der Waals surface area contributed by atoms with Crippen molar-refractivity contribution in [3.63, 3.8) is 0 Å². The fourth-order valence-corrected chi connectivity index (χ4v) is 3.61. The molecule has 0 radical (unpaired) electrons. The average Bonchev–Trinajstić information content (AvgIpc) is 2.50. The van der Waals surface area contributed by atoms with Crippen LogP contribution in [0.25, 0.3) is 11.0 Å². The van der Waals surface area contributed by atoms with Crippen LogP contribution in [0.3, 0.4) is 0 Å². The van der Waals surface area contributed by atoms with Gasteiger partial charge in [-0.3, -0.25) is 0 Å². The first-order valence-electron chi connectivity index (χ1n) is 4.15. The number of rotatable bonds is 2. The predicted octanol–water partition coefficient (Wildman–Crippen LogP) is 4.02. The van der Waals surface area contributed by atoms with Crippen molar-refractivity contribution in [1.29, 1.82) is 0 Å². The summed E-state index contributed by atoms with van der Waals surface area (Å²) < 4.78 is 28.4. The van der Waals surface area contributed by atoms with E-state index in [0.717, 1.165) is 10.9 Å². The molecule has 1 aromatic carbocycles. The zero-order valence-corrected chi connectivity index (χ0v) is 12.5. The second-order valence-corrected chi connectivity index (χ2v) is 6.93. The van der Waals surface area contributed by atoms with E-state index in [9.17, 15) is 8.42 Å². The fraction of sp³-hybridized carbons (Fsp3) is 0.111. The molecule has 0 fully saturated rings. The van der Waals surface area contributed by atoms with Crippen LogP contribution in [-0.2, 0) is 14.4 Å².